The number of benzene rings is 4. The average Bonchev–Trinajstić information content (AvgIpc) is 3.58. The maximum atomic E-state index is 4.15. The Morgan fingerprint density at radius 3 is 1.79 bits per heavy atom. The van der Waals surface area contributed by atoms with E-state index in [0.29, 0.717) is 0 Å². The molecule has 3 nitrogen and oxygen atoms in total. The Labute approximate surface area is 225 Å². The summed E-state index contributed by atoms with van der Waals surface area (Å²) in [6.07, 6.45) is 3.70. The molecule has 0 aliphatic carbocycles. The first-order valence-corrected chi connectivity index (χ1v) is 13.5. The standard InChI is InChI=1S/C34H25N3S/c1-36-31-22-25(34-17-16-33(38-34)24-18-20-35-21-19-24)12-14-29(31)30-15-13-28(23-32(30)36)37(26-8-4-2-5-9-26)27-10-6-3-7-11-27/h2-23H,1H3. The number of nitrogens with zero attached hydrogens (tertiary/aromatic N) is 3. The second kappa shape index (κ2) is 9.33. The van der Waals surface area contributed by atoms with E-state index >= 15 is 0 Å². The van der Waals surface area contributed by atoms with Gasteiger partial charge in [-0.1, -0.05) is 54.6 Å². The third kappa shape index (κ3) is 3.87. The zero-order chi connectivity index (χ0) is 25.5. The Balaban J connectivity index is 1.33. The molecular formula is C34H25N3S. The summed E-state index contributed by atoms with van der Waals surface area (Å²) < 4.78 is 2.32. The van der Waals surface area contributed by atoms with Gasteiger partial charge in [-0.25, -0.2) is 0 Å². The van der Waals surface area contributed by atoms with Crippen LogP contribution in [0, 0.1) is 0 Å². The Kier molecular flexibility index (Phi) is 5.53. The van der Waals surface area contributed by atoms with Crippen LogP contribution in [0.15, 0.2) is 134 Å². The summed E-state index contributed by atoms with van der Waals surface area (Å²) >= 11 is 1.82. The molecule has 0 fully saturated rings. The van der Waals surface area contributed by atoms with Crippen LogP contribution in [0.1, 0.15) is 0 Å². The van der Waals surface area contributed by atoms with Gasteiger partial charge in [-0.2, -0.15) is 0 Å². The smallest absolute Gasteiger partial charge is 0.0509 e. The highest BCUT2D eigenvalue weighted by atomic mass is 32.1. The van der Waals surface area contributed by atoms with E-state index in [9.17, 15) is 0 Å². The normalized spacial score (nSPS) is 11.3. The van der Waals surface area contributed by atoms with E-state index in [-0.39, 0.29) is 0 Å². The summed E-state index contributed by atoms with van der Waals surface area (Å²) in [5, 5.41) is 2.54. The number of aryl methyl sites for hydroxylation is 1. The van der Waals surface area contributed by atoms with Gasteiger partial charge in [0.1, 0.15) is 0 Å². The molecular weight excluding hydrogens is 482 g/mol. The molecule has 0 N–H and O–H groups in total. The van der Waals surface area contributed by atoms with Crippen LogP contribution in [0.5, 0.6) is 0 Å². The first kappa shape index (κ1) is 22.5. The summed E-state index contributed by atoms with van der Waals surface area (Å²) in [6, 6.07) is 43.3. The minimum absolute atomic E-state index is 1.14. The van der Waals surface area contributed by atoms with Crippen LogP contribution in [0.4, 0.5) is 17.1 Å². The summed E-state index contributed by atoms with van der Waals surface area (Å²) in [5.41, 5.74) is 8.32. The molecule has 0 radical (unpaired) electrons. The van der Waals surface area contributed by atoms with Crippen LogP contribution in [0.3, 0.4) is 0 Å². The number of rotatable bonds is 5. The van der Waals surface area contributed by atoms with Gasteiger partial charge in [-0.3, -0.25) is 4.98 Å². The molecule has 182 valence electrons. The van der Waals surface area contributed by atoms with Crippen molar-refractivity contribution in [2.75, 3.05) is 4.90 Å². The number of hydrogen-bond donors (Lipinski definition) is 0. The van der Waals surface area contributed by atoms with Crippen molar-refractivity contribution in [1.82, 2.24) is 9.55 Å². The minimum Gasteiger partial charge on any atom is -0.344 e. The molecule has 0 spiro atoms. The van der Waals surface area contributed by atoms with Crippen LogP contribution in [-0.2, 0) is 7.05 Å². The van der Waals surface area contributed by atoms with Crippen molar-refractivity contribution in [2.24, 2.45) is 7.05 Å². The van der Waals surface area contributed by atoms with Gasteiger partial charge in [0.25, 0.3) is 0 Å². The van der Waals surface area contributed by atoms with Crippen molar-refractivity contribution in [3.05, 3.63) is 134 Å². The number of aromatic nitrogens is 2. The number of hydrogen-bond acceptors (Lipinski definition) is 3. The Morgan fingerprint density at radius 2 is 1.13 bits per heavy atom. The van der Waals surface area contributed by atoms with Crippen molar-refractivity contribution in [3.8, 4) is 20.9 Å². The maximum Gasteiger partial charge on any atom is 0.0509 e. The Bertz CT molecular complexity index is 1830. The highest BCUT2D eigenvalue weighted by Crippen LogP contribution is 2.40. The SMILES string of the molecule is Cn1c2cc(-c3ccc(-c4ccncc4)s3)ccc2c2ccc(N(c3ccccc3)c3ccccc3)cc21. The van der Waals surface area contributed by atoms with Crippen LogP contribution in [0.2, 0.25) is 0 Å². The third-order valence-electron chi connectivity index (χ3n) is 7.13. The van der Waals surface area contributed by atoms with E-state index in [1.807, 2.05) is 23.7 Å². The molecule has 0 saturated carbocycles. The fraction of sp³-hybridized carbons (Fsp3) is 0.0294. The van der Waals surface area contributed by atoms with Crippen molar-refractivity contribution in [2.45, 2.75) is 0 Å². The number of thiophene rings is 1. The largest absolute Gasteiger partial charge is 0.344 e. The van der Waals surface area contributed by atoms with Gasteiger partial charge in [0.2, 0.25) is 0 Å². The average molecular weight is 508 g/mol. The molecule has 4 heteroatoms. The number of anilines is 3. The molecule has 0 bridgehead atoms. The summed E-state index contributed by atoms with van der Waals surface area (Å²) in [7, 11) is 2.17. The molecule has 0 amide bonds. The Morgan fingerprint density at radius 1 is 0.553 bits per heavy atom. The second-order valence-corrected chi connectivity index (χ2v) is 10.5. The molecule has 7 aromatic rings. The molecule has 0 atom stereocenters. The van der Waals surface area contributed by atoms with Gasteiger partial charge in [0.05, 0.1) is 5.52 Å². The van der Waals surface area contributed by atoms with E-state index < -0.39 is 0 Å². The first-order valence-electron chi connectivity index (χ1n) is 12.7. The number of para-hydroxylation sites is 2. The molecule has 0 aliphatic heterocycles. The van der Waals surface area contributed by atoms with Crippen molar-refractivity contribution >= 4 is 50.2 Å². The first-order chi connectivity index (χ1) is 18.8. The van der Waals surface area contributed by atoms with Gasteiger partial charge in [0.15, 0.2) is 0 Å². The van der Waals surface area contributed by atoms with Crippen molar-refractivity contribution in [3.63, 3.8) is 0 Å². The molecule has 0 saturated heterocycles. The van der Waals surface area contributed by atoms with Gasteiger partial charge in [-0.15, -0.1) is 11.3 Å². The third-order valence-corrected chi connectivity index (χ3v) is 8.32. The van der Waals surface area contributed by atoms with Gasteiger partial charge in [0, 0.05) is 62.5 Å². The molecule has 4 aromatic carbocycles. The van der Waals surface area contributed by atoms with E-state index in [1.165, 1.54) is 42.7 Å². The van der Waals surface area contributed by atoms with Crippen LogP contribution in [-0.4, -0.2) is 9.55 Å². The van der Waals surface area contributed by atoms with Gasteiger partial charge >= 0.3 is 0 Å². The van der Waals surface area contributed by atoms with Crippen molar-refractivity contribution < 1.29 is 0 Å². The molecule has 7 rings (SSSR count). The number of pyridine rings is 1. The predicted octanol–water partition coefficient (Wildman–Crippen LogP) is 9.59. The van der Waals surface area contributed by atoms with E-state index in [1.54, 1.807) is 0 Å². The monoisotopic (exact) mass is 507 g/mol. The predicted molar refractivity (Wildman–Crippen MR) is 162 cm³/mol. The summed E-state index contributed by atoms with van der Waals surface area (Å²) in [5.74, 6) is 0. The zero-order valence-corrected chi connectivity index (χ0v) is 21.8. The molecule has 0 aliphatic rings. The van der Waals surface area contributed by atoms with E-state index in [2.05, 4.69) is 143 Å². The fourth-order valence-electron chi connectivity index (χ4n) is 5.25. The van der Waals surface area contributed by atoms with Crippen molar-refractivity contribution in [1.29, 1.82) is 0 Å². The maximum absolute atomic E-state index is 4.15. The van der Waals surface area contributed by atoms with E-state index in [4.69, 9.17) is 0 Å². The second-order valence-electron chi connectivity index (χ2n) is 9.40. The highest BCUT2D eigenvalue weighted by Gasteiger charge is 2.16. The topological polar surface area (TPSA) is 21.1 Å². The molecule has 38 heavy (non-hydrogen) atoms. The molecule has 3 heterocycles. The van der Waals surface area contributed by atoms with Gasteiger partial charge in [-0.05, 0) is 77.9 Å². The lowest BCUT2D eigenvalue weighted by Crippen LogP contribution is -2.09. The fourth-order valence-corrected chi connectivity index (χ4v) is 6.26. The summed E-state index contributed by atoms with van der Waals surface area (Å²) in [4.78, 5) is 8.99. The van der Waals surface area contributed by atoms with Gasteiger partial charge < -0.3 is 9.47 Å². The zero-order valence-electron chi connectivity index (χ0n) is 21.0. The summed E-state index contributed by atoms with van der Waals surface area (Å²) in [6.45, 7) is 0. The Hall–Kier alpha value is -4.67. The number of fused-ring (bicyclic) bond motifs is 3. The van der Waals surface area contributed by atoms with Crippen LogP contribution in [0.25, 0.3) is 42.7 Å². The minimum atomic E-state index is 1.14. The lowest BCUT2D eigenvalue weighted by atomic mass is 10.1. The van der Waals surface area contributed by atoms with Crippen LogP contribution >= 0.6 is 11.3 Å². The highest BCUT2D eigenvalue weighted by molar-refractivity contribution is 7.18. The van der Waals surface area contributed by atoms with E-state index in [0.717, 1.165) is 17.1 Å². The van der Waals surface area contributed by atoms with Crippen LogP contribution < -0.4 is 4.90 Å². The lowest BCUT2D eigenvalue weighted by molar-refractivity contribution is 1.01. The lowest BCUT2D eigenvalue weighted by Gasteiger charge is -2.25. The molecule has 0 unspecified atom stereocenters. The molecule has 3 aromatic heterocycles. The quantitative estimate of drug-likeness (QED) is 0.231.